The molecule has 13 heavy (non-hydrogen) atoms. The summed E-state index contributed by atoms with van der Waals surface area (Å²) < 4.78 is 5.18. The Kier molecular flexibility index (Phi) is 3.14. The summed E-state index contributed by atoms with van der Waals surface area (Å²) in [4.78, 5) is 0. The van der Waals surface area contributed by atoms with Crippen LogP contribution in [0.1, 0.15) is 25.3 Å². The fourth-order valence-electron chi connectivity index (χ4n) is 1.19. The summed E-state index contributed by atoms with van der Waals surface area (Å²) in [6, 6.07) is 5.97. The van der Waals surface area contributed by atoms with Gasteiger partial charge in [0.1, 0.15) is 5.75 Å². The van der Waals surface area contributed by atoms with E-state index < -0.39 is 0 Å². The molecule has 0 aliphatic heterocycles. The third-order valence-electron chi connectivity index (χ3n) is 2.05. The number of benzene rings is 1. The Hall–Kier alpha value is -1.22. The van der Waals surface area contributed by atoms with Crippen molar-refractivity contribution in [1.29, 1.82) is 0 Å². The lowest BCUT2D eigenvalue weighted by molar-refractivity contribution is 0.415. The maximum absolute atomic E-state index is 5.32. The van der Waals surface area contributed by atoms with Crippen molar-refractivity contribution < 1.29 is 4.74 Å². The Bertz CT molecular complexity index is 284. The molecule has 0 bridgehead atoms. The fraction of sp³-hybridized carbons (Fsp3) is 0.400. The number of rotatable bonds is 3. The smallest absolute Gasteiger partial charge is 0.143 e. The minimum atomic E-state index is 0.501. The highest BCUT2D eigenvalue weighted by Gasteiger charge is 2.04. The van der Waals surface area contributed by atoms with E-state index in [1.807, 2.05) is 18.2 Å². The van der Waals surface area contributed by atoms with Crippen molar-refractivity contribution in [1.82, 2.24) is 0 Å². The normalized spacial score (nSPS) is 10.2. The average molecular weight is 180 g/mol. The number of nitrogen functional groups attached to an aromatic ring is 1. The zero-order valence-corrected chi connectivity index (χ0v) is 8.29. The molecule has 0 aliphatic rings. The summed E-state index contributed by atoms with van der Waals surface area (Å²) in [7, 11) is 1.64. The van der Waals surface area contributed by atoms with Gasteiger partial charge in [-0.15, -0.1) is 0 Å². The maximum Gasteiger partial charge on any atom is 0.143 e. The van der Waals surface area contributed by atoms with Crippen LogP contribution < -0.4 is 16.0 Å². The lowest BCUT2D eigenvalue weighted by Crippen LogP contribution is -2.08. The number of ether oxygens (including phenoxy) is 1. The third kappa shape index (κ3) is 2.12. The Balaban J connectivity index is 3.05. The molecule has 0 amide bonds. The Morgan fingerprint density at radius 3 is 2.54 bits per heavy atom. The third-order valence-corrected chi connectivity index (χ3v) is 2.05. The minimum Gasteiger partial charge on any atom is -0.495 e. The number of hydrazine groups is 1. The molecule has 3 heteroatoms. The van der Waals surface area contributed by atoms with Gasteiger partial charge in [-0.3, -0.25) is 5.84 Å². The summed E-state index contributed by atoms with van der Waals surface area (Å²) in [6.45, 7) is 4.29. The van der Waals surface area contributed by atoms with E-state index >= 15 is 0 Å². The molecule has 3 N–H and O–H groups in total. The highest BCUT2D eigenvalue weighted by Crippen LogP contribution is 2.27. The van der Waals surface area contributed by atoms with E-state index in [0.717, 1.165) is 11.4 Å². The predicted molar refractivity (Wildman–Crippen MR) is 54.9 cm³/mol. The first-order chi connectivity index (χ1) is 6.19. The van der Waals surface area contributed by atoms with Gasteiger partial charge in [-0.25, -0.2) is 0 Å². The van der Waals surface area contributed by atoms with Gasteiger partial charge in [0, 0.05) is 0 Å². The number of anilines is 1. The molecular weight excluding hydrogens is 164 g/mol. The molecule has 0 saturated carbocycles. The van der Waals surface area contributed by atoms with Crippen molar-refractivity contribution in [3.05, 3.63) is 23.8 Å². The molecule has 1 rings (SSSR count). The van der Waals surface area contributed by atoms with Crippen LogP contribution in [0, 0.1) is 0 Å². The summed E-state index contributed by atoms with van der Waals surface area (Å²) in [5.74, 6) is 6.61. The molecule has 1 aromatic carbocycles. The van der Waals surface area contributed by atoms with Crippen molar-refractivity contribution in [2.75, 3.05) is 12.5 Å². The average Bonchev–Trinajstić information content (AvgIpc) is 2.16. The standard InChI is InChI=1S/C10H16N2O/c1-7(2)8-4-5-9(12-11)10(6-8)13-3/h4-7,12H,11H2,1-3H3. The molecule has 0 atom stereocenters. The molecular formula is C10H16N2O. The van der Waals surface area contributed by atoms with Crippen molar-refractivity contribution in [2.45, 2.75) is 19.8 Å². The highest BCUT2D eigenvalue weighted by molar-refractivity contribution is 5.57. The van der Waals surface area contributed by atoms with Crippen LogP contribution in [0.5, 0.6) is 5.75 Å². The first kappa shape index (κ1) is 9.86. The number of nitrogens with one attached hydrogen (secondary N) is 1. The molecule has 3 nitrogen and oxygen atoms in total. The summed E-state index contributed by atoms with van der Waals surface area (Å²) in [6.07, 6.45) is 0. The van der Waals surface area contributed by atoms with Gasteiger partial charge >= 0.3 is 0 Å². The van der Waals surface area contributed by atoms with Gasteiger partial charge in [0.2, 0.25) is 0 Å². The van der Waals surface area contributed by atoms with Crippen LogP contribution in [-0.4, -0.2) is 7.11 Å². The van der Waals surface area contributed by atoms with Crippen molar-refractivity contribution >= 4 is 5.69 Å². The maximum atomic E-state index is 5.32. The van der Waals surface area contributed by atoms with Gasteiger partial charge in [0.25, 0.3) is 0 Å². The second-order valence-corrected chi connectivity index (χ2v) is 3.26. The monoisotopic (exact) mass is 180 g/mol. The van der Waals surface area contributed by atoms with E-state index in [0.29, 0.717) is 5.92 Å². The molecule has 0 radical (unpaired) electrons. The van der Waals surface area contributed by atoms with E-state index in [4.69, 9.17) is 10.6 Å². The van der Waals surface area contributed by atoms with E-state index in [9.17, 15) is 0 Å². The van der Waals surface area contributed by atoms with Crippen LogP contribution in [0.3, 0.4) is 0 Å². The molecule has 1 aromatic rings. The minimum absolute atomic E-state index is 0.501. The van der Waals surface area contributed by atoms with Crippen LogP contribution in [0.4, 0.5) is 5.69 Å². The van der Waals surface area contributed by atoms with Gasteiger partial charge in [-0.05, 0) is 23.6 Å². The predicted octanol–water partition coefficient (Wildman–Crippen LogP) is 2.10. The van der Waals surface area contributed by atoms with Crippen molar-refractivity contribution in [2.24, 2.45) is 5.84 Å². The van der Waals surface area contributed by atoms with Crippen LogP contribution >= 0.6 is 0 Å². The van der Waals surface area contributed by atoms with Crippen molar-refractivity contribution in [3.8, 4) is 5.75 Å². The largest absolute Gasteiger partial charge is 0.495 e. The fourth-order valence-corrected chi connectivity index (χ4v) is 1.19. The highest BCUT2D eigenvalue weighted by atomic mass is 16.5. The van der Waals surface area contributed by atoms with Crippen LogP contribution in [0.2, 0.25) is 0 Å². The Morgan fingerprint density at radius 1 is 1.38 bits per heavy atom. The van der Waals surface area contributed by atoms with Crippen molar-refractivity contribution in [3.63, 3.8) is 0 Å². The molecule has 72 valence electrons. The molecule has 0 aliphatic carbocycles. The van der Waals surface area contributed by atoms with E-state index in [-0.39, 0.29) is 0 Å². The number of methoxy groups -OCH3 is 1. The zero-order chi connectivity index (χ0) is 9.84. The molecule has 0 saturated heterocycles. The molecule has 0 spiro atoms. The number of nitrogens with two attached hydrogens (primary N) is 1. The van der Waals surface area contributed by atoms with Gasteiger partial charge in [0.15, 0.2) is 0 Å². The first-order valence-corrected chi connectivity index (χ1v) is 4.33. The lowest BCUT2D eigenvalue weighted by atomic mass is 10.0. The Labute approximate surface area is 78.9 Å². The Morgan fingerprint density at radius 2 is 2.08 bits per heavy atom. The SMILES string of the molecule is COc1cc(C(C)C)ccc1NN. The van der Waals surface area contributed by atoms with E-state index in [2.05, 4.69) is 19.3 Å². The second kappa shape index (κ2) is 4.14. The summed E-state index contributed by atoms with van der Waals surface area (Å²) in [5.41, 5.74) is 4.65. The van der Waals surface area contributed by atoms with Gasteiger partial charge in [-0.1, -0.05) is 19.9 Å². The summed E-state index contributed by atoms with van der Waals surface area (Å²) in [5, 5.41) is 0. The van der Waals surface area contributed by atoms with Crippen LogP contribution in [0.15, 0.2) is 18.2 Å². The van der Waals surface area contributed by atoms with Gasteiger partial charge in [-0.2, -0.15) is 0 Å². The van der Waals surface area contributed by atoms with Gasteiger partial charge in [0.05, 0.1) is 12.8 Å². The molecule has 0 heterocycles. The quantitative estimate of drug-likeness (QED) is 0.553. The molecule has 0 unspecified atom stereocenters. The number of hydrogen-bond donors (Lipinski definition) is 2. The van der Waals surface area contributed by atoms with Gasteiger partial charge < -0.3 is 10.2 Å². The van der Waals surface area contributed by atoms with Crippen LogP contribution in [-0.2, 0) is 0 Å². The topological polar surface area (TPSA) is 47.3 Å². The van der Waals surface area contributed by atoms with E-state index in [1.165, 1.54) is 5.56 Å². The zero-order valence-electron chi connectivity index (χ0n) is 8.29. The molecule has 0 aromatic heterocycles. The lowest BCUT2D eigenvalue weighted by Gasteiger charge is -2.11. The van der Waals surface area contributed by atoms with E-state index in [1.54, 1.807) is 7.11 Å². The second-order valence-electron chi connectivity index (χ2n) is 3.26. The molecule has 0 fully saturated rings. The van der Waals surface area contributed by atoms with Crippen LogP contribution in [0.25, 0.3) is 0 Å². The summed E-state index contributed by atoms with van der Waals surface area (Å²) >= 11 is 0. The first-order valence-electron chi connectivity index (χ1n) is 4.33. The number of hydrogen-bond acceptors (Lipinski definition) is 3.